The van der Waals surface area contributed by atoms with Gasteiger partial charge in [-0.25, -0.2) is 0 Å². The Morgan fingerprint density at radius 1 is 1.08 bits per heavy atom. The molecule has 0 unspecified atom stereocenters. The van der Waals surface area contributed by atoms with Gasteiger partial charge in [-0.2, -0.15) is 0 Å². The summed E-state index contributed by atoms with van der Waals surface area (Å²) in [5, 5.41) is 14.8. The summed E-state index contributed by atoms with van der Waals surface area (Å²) in [6.07, 6.45) is 0. The molecular formula is C4H11Cl2NO4Pt. The molecule has 5 N–H and O–H groups in total. The molecule has 5 nitrogen and oxygen atoms in total. The van der Waals surface area contributed by atoms with Gasteiger partial charge in [0.25, 0.3) is 11.9 Å². The summed E-state index contributed by atoms with van der Waals surface area (Å²) >= 11 is -0.472. The van der Waals surface area contributed by atoms with E-state index in [1.54, 1.807) is 0 Å². The normalized spacial score (nSPS) is 6.00. The molecule has 0 aliphatic heterocycles. The van der Waals surface area contributed by atoms with Crippen molar-refractivity contribution in [1.82, 2.24) is 6.15 Å². The maximum absolute atomic E-state index is 9.00. The molecule has 0 heterocycles. The predicted octanol–water partition coefficient (Wildman–Crippen LogP) is 1.72. The monoisotopic (exact) mass is 402 g/mol. The summed E-state index contributed by atoms with van der Waals surface area (Å²) in [6.45, 7) is 2.17. The fourth-order valence-corrected chi connectivity index (χ4v) is 0. The molecule has 0 aliphatic rings. The van der Waals surface area contributed by atoms with Crippen LogP contribution >= 0.6 is 18.8 Å². The summed E-state index contributed by atoms with van der Waals surface area (Å²) in [6, 6.07) is 0. The molecule has 12 heavy (non-hydrogen) atoms. The zero-order chi connectivity index (χ0) is 9.86. The third-order valence-corrected chi connectivity index (χ3v) is 0. The molecule has 8 heteroatoms. The second kappa shape index (κ2) is 22.5. The molecule has 0 rings (SSSR count). The van der Waals surface area contributed by atoms with Crippen molar-refractivity contribution in [1.29, 1.82) is 0 Å². The van der Waals surface area contributed by atoms with Crippen molar-refractivity contribution in [3.05, 3.63) is 0 Å². The first-order valence-corrected chi connectivity index (χ1v) is 7.73. The Labute approximate surface area is 87.0 Å². The van der Waals surface area contributed by atoms with E-state index in [1.807, 2.05) is 0 Å². The number of hydrogen-bond donors (Lipinski definition) is 3. The molecule has 0 amide bonds. The molecule has 80 valence electrons. The van der Waals surface area contributed by atoms with E-state index in [2.05, 4.69) is 0 Å². The third-order valence-electron chi connectivity index (χ3n) is 0. The van der Waals surface area contributed by atoms with Crippen LogP contribution in [-0.4, -0.2) is 22.2 Å². The Balaban J connectivity index is -0.0000000389. The van der Waals surface area contributed by atoms with Gasteiger partial charge in [-0.3, -0.25) is 9.59 Å². The average molecular weight is 403 g/mol. The Morgan fingerprint density at radius 3 is 1.08 bits per heavy atom. The van der Waals surface area contributed by atoms with Gasteiger partial charge in [0, 0.05) is 13.8 Å². The van der Waals surface area contributed by atoms with Crippen molar-refractivity contribution in [3.63, 3.8) is 0 Å². The fourth-order valence-electron chi connectivity index (χ4n) is 0. The molecule has 0 aromatic heterocycles. The average Bonchev–Trinajstić information content (AvgIpc) is 1.60. The van der Waals surface area contributed by atoms with Crippen LogP contribution in [-0.2, 0) is 26.1 Å². The second-order valence-electron chi connectivity index (χ2n) is 1.08. The molecule has 0 saturated heterocycles. The summed E-state index contributed by atoms with van der Waals surface area (Å²) in [7, 11) is 9.75. The van der Waals surface area contributed by atoms with Gasteiger partial charge in [-0.15, -0.1) is 0 Å². The SMILES string of the molecule is CC(=O)O.CC(=O)O.N.[Cl][Pt][Cl]. The summed E-state index contributed by atoms with van der Waals surface area (Å²) in [5.41, 5.74) is 0. The van der Waals surface area contributed by atoms with Crippen LogP contribution in [0.15, 0.2) is 0 Å². The van der Waals surface area contributed by atoms with E-state index in [0.717, 1.165) is 13.8 Å². The second-order valence-corrected chi connectivity index (χ2v) is 4.37. The van der Waals surface area contributed by atoms with Crippen LogP contribution in [0, 0.1) is 0 Å². The van der Waals surface area contributed by atoms with Crippen molar-refractivity contribution in [2.24, 2.45) is 0 Å². The molecule has 0 aromatic carbocycles. The van der Waals surface area contributed by atoms with Crippen LogP contribution in [0.1, 0.15) is 13.8 Å². The molecule has 0 radical (unpaired) electrons. The van der Waals surface area contributed by atoms with E-state index in [9.17, 15) is 0 Å². The van der Waals surface area contributed by atoms with Crippen molar-refractivity contribution in [2.75, 3.05) is 0 Å². The van der Waals surface area contributed by atoms with Crippen molar-refractivity contribution >= 4 is 30.8 Å². The Bertz CT molecular complexity index is 93.2. The van der Waals surface area contributed by atoms with Gasteiger partial charge in [0.05, 0.1) is 0 Å². The third kappa shape index (κ3) is 30200. The van der Waals surface area contributed by atoms with Crippen LogP contribution < -0.4 is 6.15 Å². The van der Waals surface area contributed by atoms with Crippen LogP contribution in [0.5, 0.6) is 0 Å². The molecule has 0 spiro atoms. The number of aliphatic carboxylic acids is 2. The molecule has 0 bridgehead atoms. The van der Waals surface area contributed by atoms with Gasteiger partial charge in [-0.05, 0) is 0 Å². The van der Waals surface area contributed by atoms with E-state index in [-0.39, 0.29) is 6.15 Å². The molecule has 0 atom stereocenters. The van der Waals surface area contributed by atoms with Gasteiger partial charge in [0.2, 0.25) is 0 Å². The fraction of sp³-hybridized carbons (Fsp3) is 0.500. The van der Waals surface area contributed by atoms with E-state index >= 15 is 0 Å². The minimum absolute atomic E-state index is 0. The number of carbonyl (C=O) groups is 2. The number of halogens is 2. The zero-order valence-electron chi connectivity index (χ0n) is 6.49. The minimum atomic E-state index is -0.833. The van der Waals surface area contributed by atoms with Crippen LogP contribution in [0.25, 0.3) is 0 Å². The van der Waals surface area contributed by atoms with Gasteiger partial charge in [0.1, 0.15) is 0 Å². The predicted molar refractivity (Wildman–Crippen MR) is 43.3 cm³/mol. The van der Waals surface area contributed by atoms with Crippen LogP contribution in [0.2, 0.25) is 0 Å². The summed E-state index contributed by atoms with van der Waals surface area (Å²) in [5.74, 6) is -1.67. The van der Waals surface area contributed by atoms with E-state index in [4.69, 9.17) is 38.6 Å². The topological polar surface area (TPSA) is 110 Å². The number of rotatable bonds is 0. The van der Waals surface area contributed by atoms with Crippen LogP contribution in [0.3, 0.4) is 0 Å². The zero-order valence-corrected chi connectivity index (χ0v) is 10.3. The first kappa shape index (κ1) is 22.7. The van der Waals surface area contributed by atoms with E-state index < -0.39 is 28.4 Å². The Hall–Kier alpha value is 0.168. The van der Waals surface area contributed by atoms with Crippen molar-refractivity contribution < 1.29 is 36.3 Å². The number of carboxylic acid groups (broad SMARTS) is 2. The summed E-state index contributed by atoms with van der Waals surface area (Å²) in [4.78, 5) is 18.0. The van der Waals surface area contributed by atoms with Gasteiger partial charge >= 0.3 is 35.3 Å². The number of carboxylic acids is 2. The molecular weight excluding hydrogens is 392 g/mol. The molecule has 0 fully saturated rings. The van der Waals surface area contributed by atoms with E-state index in [0.29, 0.717) is 0 Å². The quantitative estimate of drug-likeness (QED) is 0.571. The van der Waals surface area contributed by atoms with E-state index in [1.165, 1.54) is 0 Å². The molecule has 0 aromatic rings. The van der Waals surface area contributed by atoms with Gasteiger partial charge < -0.3 is 16.4 Å². The standard InChI is InChI=1S/2C2H4O2.2ClH.H3N.Pt/c2*1-2(3)4;;;;/h2*1H3,(H,3,4);2*1H;1H3;/q;;;;;+2/p-2. The van der Waals surface area contributed by atoms with Crippen LogP contribution in [0.4, 0.5) is 0 Å². The maximum atomic E-state index is 9.00. The Morgan fingerprint density at radius 2 is 1.08 bits per heavy atom. The first-order valence-electron chi connectivity index (χ1n) is 2.09. The van der Waals surface area contributed by atoms with Crippen molar-refractivity contribution in [3.8, 4) is 0 Å². The van der Waals surface area contributed by atoms with Gasteiger partial charge in [0.15, 0.2) is 0 Å². The van der Waals surface area contributed by atoms with Gasteiger partial charge in [-0.1, -0.05) is 0 Å². The molecule has 0 aliphatic carbocycles. The Kier molecular flexibility index (Phi) is 42.6. The molecule has 0 saturated carbocycles. The van der Waals surface area contributed by atoms with Crippen molar-refractivity contribution in [2.45, 2.75) is 13.8 Å². The summed E-state index contributed by atoms with van der Waals surface area (Å²) < 4.78 is 0. The number of hydrogen-bond acceptors (Lipinski definition) is 3. The first-order chi connectivity index (χ1) is 4.88.